The molecule has 6 nitrogen and oxygen atoms in total. The van der Waals surface area contributed by atoms with Crippen LogP contribution in [0, 0.1) is 0 Å². The maximum atomic E-state index is 12.5. The number of ether oxygens (including phenoxy) is 1. The van der Waals surface area contributed by atoms with Gasteiger partial charge in [0.1, 0.15) is 12.4 Å². The van der Waals surface area contributed by atoms with Crippen LogP contribution in [0.15, 0.2) is 47.4 Å². The Kier molecular flexibility index (Phi) is 7.15. The second kappa shape index (κ2) is 9.02. The Hall–Kier alpha value is -2.30. The maximum Gasteiger partial charge on any atom is 0.416 e. The van der Waals surface area contributed by atoms with E-state index in [4.69, 9.17) is 16.3 Å². The summed E-state index contributed by atoms with van der Waals surface area (Å²) < 4.78 is 68.2. The molecule has 11 heteroatoms. The third-order valence-corrected chi connectivity index (χ3v) is 5.94. The normalized spacial score (nSPS) is 12.1. The third kappa shape index (κ3) is 5.84. The lowest BCUT2D eigenvalue weighted by Gasteiger charge is -2.13. The van der Waals surface area contributed by atoms with Gasteiger partial charge in [0, 0.05) is 14.1 Å². The molecular formula is C18H18ClF3N2O4S. The van der Waals surface area contributed by atoms with Gasteiger partial charge in [-0.3, -0.25) is 4.79 Å². The Balaban J connectivity index is 1.96. The number of benzene rings is 2. The minimum absolute atomic E-state index is 0.00951. The molecule has 29 heavy (non-hydrogen) atoms. The van der Waals surface area contributed by atoms with E-state index in [2.05, 4.69) is 5.32 Å². The highest BCUT2D eigenvalue weighted by Crippen LogP contribution is 2.30. The molecule has 0 radical (unpaired) electrons. The minimum atomic E-state index is -4.43. The molecule has 2 aromatic carbocycles. The average Bonchev–Trinajstić information content (AvgIpc) is 2.64. The molecule has 0 spiro atoms. The summed E-state index contributed by atoms with van der Waals surface area (Å²) in [5.74, 6) is -0.397. The summed E-state index contributed by atoms with van der Waals surface area (Å²) in [5.41, 5.74) is -0.815. The van der Waals surface area contributed by atoms with Crippen LogP contribution in [0.2, 0.25) is 5.02 Å². The number of amides is 1. The van der Waals surface area contributed by atoms with Gasteiger partial charge in [-0.25, -0.2) is 12.7 Å². The van der Waals surface area contributed by atoms with Crippen molar-refractivity contribution in [3.8, 4) is 5.75 Å². The molecule has 0 heterocycles. The van der Waals surface area contributed by atoms with Crippen molar-refractivity contribution in [2.75, 3.05) is 27.2 Å². The van der Waals surface area contributed by atoms with Crippen LogP contribution in [-0.4, -0.2) is 45.9 Å². The van der Waals surface area contributed by atoms with Crippen LogP contribution in [-0.2, 0) is 16.2 Å². The quantitative estimate of drug-likeness (QED) is 0.656. The van der Waals surface area contributed by atoms with Gasteiger partial charge < -0.3 is 10.1 Å². The predicted octanol–water partition coefficient (Wildman–Crippen LogP) is 3.42. The van der Waals surface area contributed by atoms with Gasteiger partial charge in [-0.2, -0.15) is 13.2 Å². The molecule has 0 aliphatic carbocycles. The molecule has 2 rings (SSSR count). The van der Waals surface area contributed by atoms with Crippen LogP contribution in [0.1, 0.15) is 15.9 Å². The van der Waals surface area contributed by atoms with Gasteiger partial charge in [0.15, 0.2) is 0 Å². The fourth-order valence-electron chi connectivity index (χ4n) is 2.22. The van der Waals surface area contributed by atoms with Crippen LogP contribution in [0.4, 0.5) is 13.2 Å². The second-order valence-electron chi connectivity index (χ2n) is 6.06. The van der Waals surface area contributed by atoms with Crippen LogP contribution in [0.3, 0.4) is 0 Å². The zero-order valence-corrected chi connectivity index (χ0v) is 17.0. The monoisotopic (exact) mass is 450 g/mol. The molecule has 0 atom stereocenters. The van der Waals surface area contributed by atoms with Crippen molar-refractivity contribution in [2.24, 2.45) is 0 Å². The Morgan fingerprint density at radius 2 is 1.76 bits per heavy atom. The Bertz CT molecular complexity index is 978. The molecule has 0 fully saturated rings. The third-order valence-electron chi connectivity index (χ3n) is 3.80. The Labute approximate surface area is 171 Å². The first-order valence-corrected chi connectivity index (χ1v) is 10.0. The van der Waals surface area contributed by atoms with Crippen molar-refractivity contribution in [1.29, 1.82) is 0 Å². The maximum absolute atomic E-state index is 12.5. The number of hydrogen-bond acceptors (Lipinski definition) is 4. The Morgan fingerprint density at radius 1 is 1.14 bits per heavy atom. The lowest BCUT2D eigenvalue weighted by atomic mass is 10.2. The lowest BCUT2D eigenvalue weighted by molar-refractivity contribution is -0.137. The Morgan fingerprint density at radius 3 is 2.31 bits per heavy atom. The molecule has 0 bridgehead atoms. The van der Waals surface area contributed by atoms with Crippen molar-refractivity contribution < 1.29 is 31.1 Å². The van der Waals surface area contributed by atoms with E-state index in [1.165, 1.54) is 44.4 Å². The summed E-state index contributed by atoms with van der Waals surface area (Å²) >= 11 is 5.99. The molecule has 0 saturated carbocycles. The highest BCUT2D eigenvalue weighted by Gasteiger charge is 2.30. The first-order valence-electron chi connectivity index (χ1n) is 8.23. The number of nitrogens with zero attached hydrogens (tertiary/aromatic N) is 1. The smallest absolute Gasteiger partial charge is 0.416 e. The minimum Gasteiger partial charge on any atom is -0.492 e. The standard InChI is InChI=1S/C18H18ClF3N2O4S/c1-24(2)29(26,27)14-7-8-16(19)15(11-14)17(25)23-9-10-28-13-5-3-12(4-6-13)18(20,21)22/h3-8,11H,9-10H2,1-2H3,(H,23,25). The van der Waals surface area contributed by atoms with Crippen molar-refractivity contribution in [1.82, 2.24) is 9.62 Å². The van der Waals surface area contributed by atoms with Crippen molar-refractivity contribution >= 4 is 27.5 Å². The highest BCUT2D eigenvalue weighted by molar-refractivity contribution is 7.89. The first-order chi connectivity index (χ1) is 13.4. The second-order valence-corrected chi connectivity index (χ2v) is 8.61. The SMILES string of the molecule is CN(C)S(=O)(=O)c1ccc(Cl)c(C(=O)NCCOc2ccc(C(F)(F)F)cc2)c1. The summed E-state index contributed by atoms with van der Waals surface area (Å²) in [7, 11) is -1.01. The molecular weight excluding hydrogens is 433 g/mol. The molecule has 158 valence electrons. The summed E-state index contributed by atoms with van der Waals surface area (Å²) in [6, 6.07) is 7.92. The number of carbonyl (C=O) groups excluding carboxylic acids is 1. The van der Waals surface area contributed by atoms with E-state index in [0.29, 0.717) is 0 Å². The van der Waals surface area contributed by atoms with E-state index in [9.17, 15) is 26.4 Å². The molecule has 0 saturated heterocycles. The average molecular weight is 451 g/mol. The molecule has 0 aliphatic rings. The predicted molar refractivity (Wildman–Crippen MR) is 102 cm³/mol. The fourth-order valence-corrected chi connectivity index (χ4v) is 3.35. The van der Waals surface area contributed by atoms with E-state index < -0.39 is 27.7 Å². The van der Waals surface area contributed by atoms with Crippen LogP contribution >= 0.6 is 11.6 Å². The largest absolute Gasteiger partial charge is 0.492 e. The summed E-state index contributed by atoms with van der Waals surface area (Å²) in [6.07, 6.45) is -4.43. The van der Waals surface area contributed by atoms with E-state index >= 15 is 0 Å². The van der Waals surface area contributed by atoms with Gasteiger partial charge in [0.2, 0.25) is 10.0 Å². The number of carbonyl (C=O) groups is 1. The van der Waals surface area contributed by atoms with Gasteiger partial charge in [0.05, 0.1) is 27.6 Å². The van der Waals surface area contributed by atoms with E-state index in [0.717, 1.165) is 16.4 Å². The molecule has 0 unspecified atom stereocenters. The van der Waals surface area contributed by atoms with Gasteiger partial charge in [0.25, 0.3) is 5.91 Å². The number of hydrogen-bond donors (Lipinski definition) is 1. The zero-order chi connectivity index (χ0) is 21.8. The van der Waals surface area contributed by atoms with Crippen LogP contribution < -0.4 is 10.1 Å². The fraction of sp³-hybridized carbons (Fsp3) is 0.278. The summed E-state index contributed by atoms with van der Waals surface area (Å²) in [5, 5.41) is 2.59. The van der Waals surface area contributed by atoms with Crippen LogP contribution in [0.25, 0.3) is 0 Å². The molecule has 0 aromatic heterocycles. The number of rotatable bonds is 7. The van der Waals surface area contributed by atoms with E-state index in [-0.39, 0.29) is 34.4 Å². The van der Waals surface area contributed by atoms with Crippen LogP contribution in [0.5, 0.6) is 5.75 Å². The van der Waals surface area contributed by atoms with Gasteiger partial charge in [-0.15, -0.1) is 0 Å². The highest BCUT2D eigenvalue weighted by atomic mass is 35.5. The van der Waals surface area contributed by atoms with Gasteiger partial charge in [-0.1, -0.05) is 11.6 Å². The summed E-state index contributed by atoms with van der Waals surface area (Å²) in [6.45, 7) is 0.0191. The number of halogens is 4. The topological polar surface area (TPSA) is 75.7 Å². The number of nitrogens with one attached hydrogen (secondary N) is 1. The van der Waals surface area contributed by atoms with Crippen molar-refractivity contribution in [2.45, 2.75) is 11.1 Å². The van der Waals surface area contributed by atoms with E-state index in [1.54, 1.807) is 0 Å². The molecule has 1 amide bonds. The molecule has 2 aromatic rings. The molecule has 1 N–H and O–H groups in total. The van der Waals surface area contributed by atoms with Crippen molar-refractivity contribution in [3.63, 3.8) is 0 Å². The van der Waals surface area contributed by atoms with Crippen molar-refractivity contribution in [3.05, 3.63) is 58.6 Å². The van der Waals surface area contributed by atoms with E-state index in [1.807, 2.05) is 0 Å². The van der Waals surface area contributed by atoms with Gasteiger partial charge >= 0.3 is 6.18 Å². The zero-order valence-electron chi connectivity index (χ0n) is 15.5. The number of sulfonamides is 1. The molecule has 0 aliphatic heterocycles. The number of alkyl halides is 3. The van der Waals surface area contributed by atoms with Gasteiger partial charge in [-0.05, 0) is 42.5 Å². The first kappa shape index (κ1) is 23.0. The summed E-state index contributed by atoms with van der Waals surface area (Å²) in [4.78, 5) is 12.2. The lowest BCUT2D eigenvalue weighted by Crippen LogP contribution is -2.29.